The summed E-state index contributed by atoms with van der Waals surface area (Å²) < 4.78 is 0. The Morgan fingerprint density at radius 2 is 1.94 bits per heavy atom. The van der Waals surface area contributed by atoms with E-state index in [4.69, 9.17) is 5.73 Å². The fraction of sp³-hybridized carbons (Fsp3) is 0.320. The van der Waals surface area contributed by atoms with Crippen molar-refractivity contribution in [2.45, 2.75) is 25.3 Å². The predicted octanol–water partition coefficient (Wildman–Crippen LogP) is 3.60. The summed E-state index contributed by atoms with van der Waals surface area (Å²) in [7, 11) is 2.10. The van der Waals surface area contributed by atoms with Gasteiger partial charge in [-0.3, -0.25) is 14.9 Å². The van der Waals surface area contributed by atoms with E-state index in [-0.39, 0.29) is 17.7 Å². The Kier molecular flexibility index (Phi) is 5.86. The van der Waals surface area contributed by atoms with E-state index in [0.717, 1.165) is 37.2 Å². The molecule has 2 aliphatic rings. The number of likely N-dealkylation sites (N-methyl/N-ethyl adjacent to an activating group) is 1. The zero-order valence-corrected chi connectivity index (χ0v) is 19.4. The van der Waals surface area contributed by atoms with Gasteiger partial charge >= 0.3 is 0 Å². The van der Waals surface area contributed by atoms with Crippen molar-refractivity contribution in [2.24, 2.45) is 0 Å². The molecule has 1 fully saturated rings. The van der Waals surface area contributed by atoms with E-state index in [1.54, 1.807) is 35.6 Å². The van der Waals surface area contributed by atoms with E-state index < -0.39 is 0 Å². The molecule has 2 aromatic carbocycles. The maximum absolute atomic E-state index is 12.9. The maximum atomic E-state index is 12.9. The number of nitrogens with one attached hydrogen (secondary N) is 1. The number of aromatic nitrogens is 1. The van der Waals surface area contributed by atoms with Crippen molar-refractivity contribution in [1.29, 1.82) is 0 Å². The van der Waals surface area contributed by atoms with E-state index in [1.807, 2.05) is 29.2 Å². The number of amides is 2. The van der Waals surface area contributed by atoms with Crippen LogP contribution in [0.25, 0.3) is 0 Å². The van der Waals surface area contributed by atoms with Gasteiger partial charge in [-0.25, -0.2) is 4.98 Å². The molecule has 3 aromatic rings. The highest BCUT2D eigenvalue weighted by molar-refractivity contribution is 7.15. The first-order valence-electron chi connectivity index (χ1n) is 11.2. The first-order chi connectivity index (χ1) is 16.0. The van der Waals surface area contributed by atoms with Crippen LogP contribution < -0.4 is 11.1 Å². The Hall–Kier alpha value is -3.23. The molecule has 0 aliphatic carbocycles. The first-order valence-corrected chi connectivity index (χ1v) is 12.0. The number of hydrogen-bond acceptors (Lipinski definition) is 6. The Labute approximate surface area is 197 Å². The zero-order chi connectivity index (χ0) is 22.9. The van der Waals surface area contributed by atoms with Crippen molar-refractivity contribution in [3.05, 3.63) is 75.8 Å². The third-order valence-corrected chi connectivity index (χ3v) is 7.39. The molecule has 170 valence electrons. The number of carbonyl (C=O) groups excluding carboxylic acids is 2. The van der Waals surface area contributed by atoms with Crippen molar-refractivity contribution < 1.29 is 9.59 Å². The average Bonchev–Trinajstić information content (AvgIpc) is 3.46. The minimum atomic E-state index is -0.149. The van der Waals surface area contributed by atoms with Crippen LogP contribution in [0.15, 0.2) is 48.5 Å². The number of thiazole rings is 1. The Morgan fingerprint density at radius 1 is 1.12 bits per heavy atom. The molecule has 5 rings (SSSR count). The fourth-order valence-electron chi connectivity index (χ4n) is 4.50. The molecule has 33 heavy (non-hydrogen) atoms. The number of benzene rings is 2. The Bertz CT molecular complexity index is 1190. The van der Waals surface area contributed by atoms with E-state index in [1.165, 1.54) is 4.88 Å². The molecule has 7 nitrogen and oxygen atoms in total. The molecule has 1 atom stereocenters. The minimum Gasteiger partial charge on any atom is -0.399 e. The largest absolute Gasteiger partial charge is 0.399 e. The quantitative estimate of drug-likeness (QED) is 0.580. The molecule has 8 heteroatoms. The number of rotatable bonds is 4. The third-order valence-electron chi connectivity index (χ3n) is 6.40. The van der Waals surface area contributed by atoms with Crippen LogP contribution in [-0.4, -0.2) is 53.3 Å². The number of nitrogens with two attached hydrogens (primary N) is 1. The summed E-state index contributed by atoms with van der Waals surface area (Å²) in [6.45, 7) is 3.21. The van der Waals surface area contributed by atoms with Gasteiger partial charge in [0.2, 0.25) is 0 Å². The maximum Gasteiger partial charge on any atom is 0.257 e. The van der Waals surface area contributed by atoms with Crippen molar-refractivity contribution in [3.8, 4) is 0 Å². The average molecular weight is 462 g/mol. The number of nitrogens with zero attached hydrogens (tertiary/aromatic N) is 3. The van der Waals surface area contributed by atoms with Gasteiger partial charge in [0.1, 0.15) is 0 Å². The van der Waals surface area contributed by atoms with Gasteiger partial charge in [0.05, 0.1) is 5.69 Å². The van der Waals surface area contributed by atoms with Crippen LogP contribution in [0.1, 0.15) is 49.2 Å². The van der Waals surface area contributed by atoms with Crippen molar-refractivity contribution in [1.82, 2.24) is 14.8 Å². The molecule has 1 unspecified atom stereocenters. The first kappa shape index (κ1) is 21.6. The number of fused-ring (bicyclic) bond motifs is 1. The number of nitrogen functional groups attached to an aromatic ring is 1. The van der Waals surface area contributed by atoms with E-state index >= 15 is 0 Å². The van der Waals surface area contributed by atoms with Crippen molar-refractivity contribution in [3.63, 3.8) is 0 Å². The number of carbonyl (C=O) groups is 2. The molecule has 0 radical (unpaired) electrons. The summed E-state index contributed by atoms with van der Waals surface area (Å²) >= 11 is 1.56. The van der Waals surface area contributed by atoms with E-state index in [2.05, 4.69) is 22.2 Å². The Morgan fingerprint density at radius 3 is 2.76 bits per heavy atom. The summed E-state index contributed by atoms with van der Waals surface area (Å²) in [5.74, 6) is 0.0760. The molecule has 3 heterocycles. The predicted molar refractivity (Wildman–Crippen MR) is 131 cm³/mol. The third kappa shape index (κ3) is 4.62. The van der Waals surface area contributed by atoms with Gasteiger partial charge in [0.15, 0.2) is 5.13 Å². The number of likely N-dealkylation sites (tertiary alicyclic amines) is 1. The highest BCUT2D eigenvalue weighted by atomic mass is 32.1. The lowest BCUT2D eigenvalue weighted by atomic mass is 9.96. The summed E-state index contributed by atoms with van der Waals surface area (Å²) in [4.78, 5) is 35.7. The highest BCUT2D eigenvalue weighted by Gasteiger charge is 2.28. The molecule has 2 aliphatic heterocycles. The molecule has 2 amide bonds. The van der Waals surface area contributed by atoms with Crippen LogP contribution in [0, 0.1) is 0 Å². The lowest BCUT2D eigenvalue weighted by Crippen LogP contribution is -2.28. The second-order valence-electron chi connectivity index (χ2n) is 8.82. The summed E-state index contributed by atoms with van der Waals surface area (Å²) in [6.07, 6.45) is 1.79. The SMILES string of the molecule is CN1CCc2nc(NC(=O)c3cccc(C4CCN(C(=O)c5ccc(N)cc5)C4)c3)sc2C1. The van der Waals surface area contributed by atoms with Crippen LogP contribution in [0.4, 0.5) is 10.8 Å². The van der Waals surface area contributed by atoms with Gasteiger partial charge in [-0.2, -0.15) is 0 Å². The molecule has 1 saturated heterocycles. The zero-order valence-electron chi connectivity index (χ0n) is 18.6. The lowest BCUT2D eigenvalue weighted by Gasteiger charge is -2.20. The van der Waals surface area contributed by atoms with E-state index in [0.29, 0.717) is 35.0 Å². The fourth-order valence-corrected chi connectivity index (χ4v) is 5.59. The van der Waals surface area contributed by atoms with Gasteiger partial charge in [0, 0.05) is 60.2 Å². The van der Waals surface area contributed by atoms with Crippen molar-refractivity contribution >= 4 is 34.0 Å². The van der Waals surface area contributed by atoms with Gasteiger partial charge < -0.3 is 15.5 Å². The smallest absolute Gasteiger partial charge is 0.257 e. The topological polar surface area (TPSA) is 91.6 Å². The second kappa shape index (κ2) is 8.96. The minimum absolute atomic E-state index is 0.0183. The standard InChI is InChI=1S/C25H27N5O2S/c1-29-11-10-21-22(15-29)33-25(27-21)28-23(31)18-4-2-3-17(13-18)19-9-12-30(14-19)24(32)16-5-7-20(26)8-6-16/h2-8,13,19H,9-12,14-15,26H2,1H3,(H,27,28,31). The van der Waals surface area contributed by atoms with Gasteiger partial charge in [0.25, 0.3) is 11.8 Å². The van der Waals surface area contributed by atoms with Crippen LogP contribution in [-0.2, 0) is 13.0 Å². The lowest BCUT2D eigenvalue weighted by molar-refractivity contribution is 0.0790. The van der Waals surface area contributed by atoms with Gasteiger partial charge in [-0.1, -0.05) is 12.1 Å². The normalized spacial score (nSPS) is 18.2. The van der Waals surface area contributed by atoms with Gasteiger partial charge in [-0.05, 0) is 55.4 Å². The van der Waals surface area contributed by atoms with Crippen molar-refractivity contribution in [2.75, 3.05) is 37.7 Å². The van der Waals surface area contributed by atoms with Crippen LogP contribution >= 0.6 is 11.3 Å². The number of anilines is 2. The van der Waals surface area contributed by atoms with Crippen LogP contribution in [0.3, 0.4) is 0 Å². The monoisotopic (exact) mass is 461 g/mol. The van der Waals surface area contributed by atoms with E-state index in [9.17, 15) is 9.59 Å². The molecular weight excluding hydrogens is 434 g/mol. The molecular formula is C25H27N5O2S. The Balaban J connectivity index is 1.25. The molecule has 0 saturated carbocycles. The highest BCUT2D eigenvalue weighted by Crippen LogP contribution is 2.30. The van der Waals surface area contributed by atoms with Gasteiger partial charge in [-0.15, -0.1) is 11.3 Å². The summed E-state index contributed by atoms with van der Waals surface area (Å²) in [5.41, 5.74) is 9.81. The molecule has 0 bridgehead atoms. The molecule has 0 spiro atoms. The molecule has 3 N–H and O–H groups in total. The van der Waals surface area contributed by atoms with Crippen LogP contribution in [0.2, 0.25) is 0 Å². The second-order valence-corrected chi connectivity index (χ2v) is 9.90. The molecule has 1 aromatic heterocycles. The number of hydrogen-bond donors (Lipinski definition) is 2. The van der Waals surface area contributed by atoms with Crippen LogP contribution in [0.5, 0.6) is 0 Å². The summed E-state index contributed by atoms with van der Waals surface area (Å²) in [5, 5.41) is 3.64. The summed E-state index contributed by atoms with van der Waals surface area (Å²) in [6, 6.07) is 14.8.